The van der Waals surface area contributed by atoms with Gasteiger partial charge in [0.2, 0.25) is 0 Å². The van der Waals surface area contributed by atoms with Crippen LogP contribution in [0, 0.1) is 5.92 Å². The van der Waals surface area contributed by atoms with Crippen LogP contribution in [0.3, 0.4) is 0 Å². The maximum absolute atomic E-state index is 12.5. The van der Waals surface area contributed by atoms with Gasteiger partial charge >= 0.3 is 5.97 Å². The molecular formula is C16H14ClN3O3. The van der Waals surface area contributed by atoms with Crippen LogP contribution >= 0.6 is 11.6 Å². The molecule has 6 nitrogen and oxygen atoms in total. The molecule has 1 saturated heterocycles. The molecule has 2 aromatic rings. The van der Waals surface area contributed by atoms with Crippen LogP contribution < -0.4 is 0 Å². The molecule has 2 atom stereocenters. The van der Waals surface area contributed by atoms with Gasteiger partial charge in [-0.2, -0.15) is 0 Å². The van der Waals surface area contributed by atoms with E-state index in [-0.39, 0.29) is 18.4 Å². The Kier molecular flexibility index (Phi) is 4.25. The van der Waals surface area contributed by atoms with Gasteiger partial charge in [-0.15, -0.1) is 0 Å². The van der Waals surface area contributed by atoms with E-state index in [9.17, 15) is 14.7 Å². The van der Waals surface area contributed by atoms with Gasteiger partial charge in [-0.3, -0.25) is 9.59 Å². The highest BCUT2D eigenvalue weighted by molar-refractivity contribution is 6.30. The average molecular weight is 332 g/mol. The van der Waals surface area contributed by atoms with Crippen LogP contribution in [0.5, 0.6) is 0 Å². The van der Waals surface area contributed by atoms with Gasteiger partial charge in [-0.1, -0.05) is 23.7 Å². The zero-order chi connectivity index (χ0) is 16.4. The first-order valence-electron chi connectivity index (χ1n) is 7.09. The van der Waals surface area contributed by atoms with Gasteiger partial charge < -0.3 is 10.0 Å². The molecule has 0 radical (unpaired) electrons. The maximum Gasteiger partial charge on any atom is 0.308 e. The number of aromatic nitrogens is 2. The number of hydrogen-bond donors (Lipinski definition) is 1. The number of nitrogens with zero attached hydrogens (tertiary/aromatic N) is 3. The van der Waals surface area contributed by atoms with Gasteiger partial charge in [0.1, 0.15) is 6.33 Å². The Morgan fingerprint density at radius 1 is 1.13 bits per heavy atom. The van der Waals surface area contributed by atoms with Crippen molar-refractivity contribution in [3.05, 3.63) is 59.1 Å². The standard InChI is InChI=1S/C16H14ClN3O3/c17-12-3-1-10(2-4-12)13-7-20(8-14(13)16(22)23)15(21)11-5-18-9-19-6-11/h1-6,9,13-14H,7-8H2,(H,22,23)/t13-,14+/m0/s1. The van der Waals surface area contributed by atoms with Crippen molar-refractivity contribution >= 4 is 23.5 Å². The third kappa shape index (κ3) is 3.17. The Bertz CT molecular complexity index is 721. The molecule has 7 heteroatoms. The van der Waals surface area contributed by atoms with E-state index in [1.165, 1.54) is 23.6 Å². The lowest BCUT2D eigenvalue weighted by molar-refractivity contribution is -0.141. The second-order valence-corrected chi connectivity index (χ2v) is 5.88. The number of carbonyl (C=O) groups excluding carboxylic acids is 1. The van der Waals surface area contributed by atoms with Crippen LogP contribution in [0.4, 0.5) is 0 Å². The van der Waals surface area contributed by atoms with Crippen LogP contribution in [0.15, 0.2) is 43.0 Å². The first-order valence-corrected chi connectivity index (χ1v) is 7.46. The van der Waals surface area contributed by atoms with E-state index >= 15 is 0 Å². The second kappa shape index (κ2) is 6.34. The molecule has 0 unspecified atom stereocenters. The molecule has 118 valence electrons. The zero-order valence-corrected chi connectivity index (χ0v) is 12.8. The largest absolute Gasteiger partial charge is 0.481 e. The summed E-state index contributed by atoms with van der Waals surface area (Å²) in [4.78, 5) is 33.2. The summed E-state index contributed by atoms with van der Waals surface area (Å²) in [7, 11) is 0. The second-order valence-electron chi connectivity index (χ2n) is 5.44. The minimum absolute atomic E-state index is 0.163. The molecule has 0 bridgehead atoms. The Labute approximate surface area is 137 Å². The van der Waals surface area contributed by atoms with Crippen LogP contribution in [0.2, 0.25) is 5.02 Å². The van der Waals surface area contributed by atoms with Crippen LogP contribution in [0.1, 0.15) is 21.8 Å². The van der Waals surface area contributed by atoms with Gasteiger partial charge in [0.25, 0.3) is 5.91 Å². The van der Waals surface area contributed by atoms with Crippen molar-refractivity contribution in [2.24, 2.45) is 5.92 Å². The molecule has 1 aliphatic heterocycles. The van der Waals surface area contributed by atoms with Crippen molar-refractivity contribution in [1.82, 2.24) is 14.9 Å². The number of halogens is 1. The summed E-state index contributed by atoms with van der Waals surface area (Å²) in [6.07, 6.45) is 4.21. The quantitative estimate of drug-likeness (QED) is 0.930. The number of benzene rings is 1. The lowest BCUT2D eigenvalue weighted by Crippen LogP contribution is -2.30. The molecule has 0 saturated carbocycles. The molecule has 23 heavy (non-hydrogen) atoms. The Balaban J connectivity index is 1.85. The smallest absolute Gasteiger partial charge is 0.308 e. The van der Waals surface area contributed by atoms with Crippen molar-refractivity contribution in [3.8, 4) is 0 Å². The molecule has 2 heterocycles. The third-order valence-electron chi connectivity index (χ3n) is 4.03. The monoisotopic (exact) mass is 331 g/mol. The first-order chi connectivity index (χ1) is 11.1. The Morgan fingerprint density at radius 3 is 2.39 bits per heavy atom. The van der Waals surface area contributed by atoms with E-state index in [1.807, 2.05) is 12.1 Å². The Morgan fingerprint density at radius 2 is 1.78 bits per heavy atom. The van der Waals surface area contributed by atoms with Gasteiger partial charge in [-0.25, -0.2) is 9.97 Å². The summed E-state index contributed by atoms with van der Waals surface area (Å²) < 4.78 is 0. The summed E-state index contributed by atoms with van der Waals surface area (Å²) in [5.41, 5.74) is 1.22. The van der Waals surface area contributed by atoms with Crippen LogP contribution in [-0.2, 0) is 4.79 Å². The predicted molar refractivity (Wildman–Crippen MR) is 83.3 cm³/mol. The molecule has 1 fully saturated rings. The highest BCUT2D eigenvalue weighted by Crippen LogP contribution is 2.34. The van der Waals surface area contributed by atoms with Crippen LogP contribution in [-0.4, -0.2) is 44.9 Å². The fraction of sp³-hybridized carbons (Fsp3) is 0.250. The van der Waals surface area contributed by atoms with E-state index in [0.29, 0.717) is 17.1 Å². The van der Waals surface area contributed by atoms with E-state index in [0.717, 1.165) is 5.56 Å². The summed E-state index contributed by atoms with van der Waals surface area (Å²) in [5.74, 6) is -2.08. The van der Waals surface area contributed by atoms with Crippen molar-refractivity contribution in [2.45, 2.75) is 5.92 Å². The van der Waals surface area contributed by atoms with E-state index in [2.05, 4.69) is 9.97 Å². The number of hydrogen-bond acceptors (Lipinski definition) is 4. The van der Waals surface area contributed by atoms with Crippen molar-refractivity contribution in [2.75, 3.05) is 13.1 Å². The number of carbonyl (C=O) groups is 2. The molecule has 3 rings (SSSR count). The minimum atomic E-state index is -0.912. The Hall–Kier alpha value is -2.47. The maximum atomic E-state index is 12.5. The number of amides is 1. The number of rotatable bonds is 3. The van der Waals surface area contributed by atoms with Crippen molar-refractivity contribution in [1.29, 1.82) is 0 Å². The molecule has 1 aromatic carbocycles. The third-order valence-corrected chi connectivity index (χ3v) is 4.28. The van der Waals surface area contributed by atoms with E-state index < -0.39 is 11.9 Å². The van der Waals surface area contributed by atoms with E-state index in [1.54, 1.807) is 12.1 Å². The van der Waals surface area contributed by atoms with Crippen molar-refractivity contribution in [3.63, 3.8) is 0 Å². The highest BCUT2D eigenvalue weighted by Gasteiger charge is 2.40. The summed E-state index contributed by atoms with van der Waals surface area (Å²) in [5, 5.41) is 10.1. The van der Waals surface area contributed by atoms with Gasteiger partial charge in [-0.05, 0) is 17.7 Å². The summed E-state index contributed by atoms with van der Waals surface area (Å²) in [6.45, 7) is 0.503. The first kappa shape index (κ1) is 15.4. The molecule has 0 aliphatic carbocycles. The molecule has 0 spiro atoms. The molecular weight excluding hydrogens is 318 g/mol. The lowest BCUT2D eigenvalue weighted by atomic mass is 9.89. The topological polar surface area (TPSA) is 83.4 Å². The summed E-state index contributed by atoms with van der Waals surface area (Å²) >= 11 is 5.88. The van der Waals surface area contributed by atoms with Crippen LogP contribution in [0.25, 0.3) is 0 Å². The number of aliphatic carboxylic acids is 1. The fourth-order valence-corrected chi connectivity index (χ4v) is 2.99. The van der Waals surface area contributed by atoms with Gasteiger partial charge in [0, 0.05) is 36.4 Å². The number of carboxylic acid groups (broad SMARTS) is 1. The summed E-state index contributed by atoms with van der Waals surface area (Å²) in [6, 6.07) is 7.07. The lowest BCUT2D eigenvalue weighted by Gasteiger charge is -2.16. The molecule has 1 amide bonds. The fourth-order valence-electron chi connectivity index (χ4n) is 2.86. The minimum Gasteiger partial charge on any atom is -0.481 e. The number of carboxylic acids is 1. The van der Waals surface area contributed by atoms with Crippen molar-refractivity contribution < 1.29 is 14.7 Å². The zero-order valence-electron chi connectivity index (χ0n) is 12.1. The van der Waals surface area contributed by atoms with Gasteiger partial charge in [0.15, 0.2) is 0 Å². The molecule has 1 aliphatic rings. The average Bonchev–Trinajstić information content (AvgIpc) is 3.01. The normalized spacial score (nSPS) is 20.5. The molecule has 1 aromatic heterocycles. The molecule has 1 N–H and O–H groups in total. The van der Waals surface area contributed by atoms with E-state index in [4.69, 9.17) is 11.6 Å². The predicted octanol–water partition coefficient (Wildman–Crippen LogP) is 2.07. The highest BCUT2D eigenvalue weighted by atomic mass is 35.5. The number of likely N-dealkylation sites (tertiary alicyclic amines) is 1. The van der Waals surface area contributed by atoms with Gasteiger partial charge in [0.05, 0.1) is 11.5 Å². The SMILES string of the molecule is O=C(O)[C@@H]1CN(C(=O)c2cncnc2)C[C@H]1c1ccc(Cl)cc1.